The van der Waals surface area contributed by atoms with Crippen LogP contribution in [0.4, 0.5) is 0 Å². The molecule has 0 aromatic heterocycles. The van der Waals surface area contributed by atoms with Crippen molar-refractivity contribution in [3.8, 4) is 11.5 Å². The minimum atomic E-state index is -0.664. The zero-order chi connectivity index (χ0) is 51.1. The lowest BCUT2D eigenvalue weighted by Crippen LogP contribution is -2.52. The topological polar surface area (TPSA) is 262 Å². The highest BCUT2D eigenvalue weighted by molar-refractivity contribution is 5.93. The van der Waals surface area contributed by atoms with Crippen molar-refractivity contribution in [3.63, 3.8) is 0 Å². The number of ketones is 1. The highest BCUT2D eigenvalue weighted by atomic mass is 16.7. The fourth-order valence-corrected chi connectivity index (χ4v) is 7.02. The number of carbonyl (C=O) groups is 8. The van der Waals surface area contributed by atoms with Gasteiger partial charge in [-0.3, -0.25) is 38.4 Å². The quantitative estimate of drug-likeness (QED) is 0.0468. The number of unbranched alkanes of at least 4 members (excludes halogenated alkanes) is 2. The maximum atomic E-state index is 14.0. The van der Waals surface area contributed by atoms with Crippen LogP contribution in [0.5, 0.6) is 11.5 Å². The SMILES string of the molecule is C=CCN(CC(C)=O)C(=O)CN(CCCCN)C(=O)CN(CC=C)C(=O)CN(CCCCN)C(=O)CN(CC=C)C(=O)CN(CCO)C(=O)CN(CC=C)C(=O)CNCCc1ccc2c(c1)OCO2. The molecule has 0 bridgehead atoms. The molecule has 0 radical (unpaired) electrons. The van der Waals surface area contributed by atoms with Gasteiger partial charge in [0.2, 0.25) is 48.1 Å². The molecule has 0 unspecified atom stereocenters. The molecule has 21 nitrogen and oxygen atoms in total. The number of nitrogens with one attached hydrogen (secondary N) is 1. The second-order valence-electron chi connectivity index (χ2n) is 16.2. The fraction of sp³-hybridized carbons (Fsp3) is 0.542. The molecular formula is C48H74N10O11. The number of fused-ring (bicyclic) bond motifs is 1. The summed E-state index contributed by atoms with van der Waals surface area (Å²) in [7, 11) is 0. The van der Waals surface area contributed by atoms with Crippen molar-refractivity contribution < 1.29 is 52.9 Å². The van der Waals surface area contributed by atoms with Crippen LogP contribution in [0.2, 0.25) is 0 Å². The number of aliphatic hydroxyl groups is 1. The number of ether oxygens (including phenoxy) is 2. The summed E-state index contributed by atoms with van der Waals surface area (Å²) >= 11 is 0. The summed E-state index contributed by atoms with van der Waals surface area (Å²) in [5, 5.41) is 13.0. The highest BCUT2D eigenvalue weighted by Crippen LogP contribution is 2.32. The lowest BCUT2D eigenvalue weighted by Gasteiger charge is -2.32. The summed E-state index contributed by atoms with van der Waals surface area (Å²) in [5.41, 5.74) is 12.4. The first-order valence-corrected chi connectivity index (χ1v) is 23.1. The van der Waals surface area contributed by atoms with Crippen molar-refractivity contribution >= 4 is 47.1 Å². The Balaban J connectivity index is 2.18. The van der Waals surface area contributed by atoms with E-state index in [1.165, 1.54) is 55.7 Å². The molecule has 1 aliphatic rings. The maximum Gasteiger partial charge on any atom is 0.242 e. The Labute approximate surface area is 406 Å². The van der Waals surface area contributed by atoms with E-state index in [2.05, 4.69) is 31.6 Å². The Kier molecular flexibility index (Phi) is 28.2. The van der Waals surface area contributed by atoms with Crippen LogP contribution in [-0.4, -0.2) is 218 Å². The lowest BCUT2D eigenvalue weighted by atomic mass is 10.1. The smallest absolute Gasteiger partial charge is 0.242 e. The molecular weight excluding hydrogens is 893 g/mol. The first-order valence-electron chi connectivity index (χ1n) is 23.1. The lowest BCUT2D eigenvalue weighted by molar-refractivity contribution is -0.148. The van der Waals surface area contributed by atoms with Gasteiger partial charge in [0.1, 0.15) is 25.4 Å². The zero-order valence-electron chi connectivity index (χ0n) is 40.4. The van der Waals surface area contributed by atoms with Crippen molar-refractivity contribution in [2.24, 2.45) is 11.5 Å². The van der Waals surface area contributed by atoms with Crippen LogP contribution in [-0.2, 0) is 44.8 Å². The first kappa shape index (κ1) is 58.7. The molecule has 382 valence electrons. The van der Waals surface area contributed by atoms with Gasteiger partial charge in [0.15, 0.2) is 11.5 Å². The number of hydrogen-bond donors (Lipinski definition) is 4. The van der Waals surface area contributed by atoms with Crippen LogP contribution in [0.3, 0.4) is 0 Å². The van der Waals surface area contributed by atoms with E-state index in [0.29, 0.717) is 63.2 Å². The van der Waals surface area contributed by atoms with E-state index >= 15 is 0 Å². The highest BCUT2D eigenvalue weighted by Gasteiger charge is 2.29. The van der Waals surface area contributed by atoms with Crippen LogP contribution < -0.4 is 26.3 Å². The minimum absolute atomic E-state index is 0.0350. The summed E-state index contributed by atoms with van der Waals surface area (Å²) in [4.78, 5) is 116. The monoisotopic (exact) mass is 967 g/mol. The molecule has 7 amide bonds. The molecule has 0 atom stereocenters. The van der Waals surface area contributed by atoms with Gasteiger partial charge in [0.05, 0.1) is 39.3 Å². The predicted molar refractivity (Wildman–Crippen MR) is 260 cm³/mol. The number of benzene rings is 1. The Morgan fingerprint density at radius 2 is 0.957 bits per heavy atom. The Morgan fingerprint density at radius 3 is 1.38 bits per heavy atom. The molecule has 1 heterocycles. The summed E-state index contributed by atoms with van der Waals surface area (Å²) < 4.78 is 10.8. The number of aliphatic hydroxyl groups excluding tert-OH is 1. The molecule has 0 fully saturated rings. The number of amides is 7. The van der Waals surface area contributed by atoms with Crippen LogP contribution >= 0.6 is 0 Å². The second kappa shape index (κ2) is 33.1. The number of carbonyl (C=O) groups excluding carboxylic acids is 8. The molecule has 0 saturated carbocycles. The molecule has 6 N–H and O–H groups in total. The van der Waals surface area contributed by atoms with Crippen LogP contribution in [0.15, 0.2) is 68.8 Å². The van der Waals surface area contributed by atoms with E-state index in [9.17, 15) is 43.5 Å². The number of rotatable bonds is 37. The molecule has 69 heavy (non-hydrogen) atoms. The van der Waals surface area contributed by atoms with Crippen molar-refractivity contribution in [3.05, 3.63) is 74.4 Å². The Hall–Kier alpha value is -6.42. The van der Waals surface area contributed by atoms with Gasteiger partial charge < -0.3 is 65.7 Å². The molecule has 0 spiro atoms. The summed E-state index contributed by atoms with van der Waals surface area (Å²) in [5.74, 6) is -2.87. The molecule has 0 aliphatic carbocycles. The van der Waals surface area contributed by atoms with Gasteiger partial charge in [-0.15, -0.1) is 26.3 Å². The molecule has 2 rings (SSSR count). The van der Waals surface area contributed by atoms with E-state index in [1.807, 2.05) is 18.2 Å². The van der Waals surface area contributed by atoms with Gasteiger partial charge in [-0.2, -0.15) is 0 Å². The van der Waals surface area contributed by atoms with E-state index < -0.39 is 80.7 Å². The number of hydrogen-bond acceptors (Lipinski definition) is 14. The third kappa shape index (κ3) is 21.6. The van der Waals surface area contributed by atoms with Crippen molar-refractivity contribution in [2.75, 3.05) is 131 Å². The summed E-state index contributed by atoms with van der Waals surface area (Å²) in [6.07, 6.45) is 8.33. The van der Waals surface area contributed by atoms with E-state index in [0.717, 1.165) is 15.4 Å². The normalized spacial score (nSPS) is 11.2. The first-order chi connectivity index (χ1) is 33.2. The van der Waals surface area contributed by atoms with E-state index in [-0.39, 0.29) is 78.0 Å². The molecule has 0 saturated heterocycles. The van der Waals surface area contributed by atoms with Crippen molar-refractivity contribution in [1.29, 1.82) is 0 Å². The van der Waals surface area contributed by atoms with Gasteiger partial charge in [0, 0.05) is 45.8 Å². The van der Waals surface area contributed by atoms with Gasteiger partial charge in [-0.25, -0.2) is 0 Å². The van der Waals surface area contributed by atoms with E-state index in [1.54, 1.807) is 0 Å². The van der Waals surface area contributed by atoms with Crippen molar-refractivity contribution in [2.45, 2.75) is 39.0 Å². The zero-order valence-corrected chi connectivity index (χ0v) is 40.4. The molecule has 1 aliphatic heterocycles. The van der Waals surface area contributed by atoms with Gasteiger partial charge >= 0.3 is 0 Å². The largest absolute Gasteiger partial charge is 0.454 e. The van der Waals surface area contributed by atoms with Gasteiger partial charge in [-0.05, 0) is 76.4 Å². The Morgan fingerprint density at radius 1 is 0.565 bits per heavy atom. The second-order valence-corrected chi connectivity index (χ2v) is 16.2. The predicted octanol–water partition coefficient (Wildman–Crippen LogP) is -0.849. The van der Waals surface area contributed by atoms with Gasteiger partial charge in [0.25, 0.3) is 0 Å². The Bertz CT molecular complexity index is 1910. The number of Topliss-reactive ketones (excluding diaryl/α,β-unsaturated/α-hetero) is 1. The fourth-order valence-electron chi connectivity index (χ4n) is 7.02. The maximum absolute atomic E-state index is 14.0. The van der Waals surface area contributed by atoms with Crippen LogP contribution in [0.25, 0.3) is 0 Å². The number of nitrogens with two attached hydrogens (primary N) is 2. The molecule has 1 aromatic rings. The average molecular weight is 967 g/mol. The van der Waals surface area contributed by atoms with E-state index in [4.69, 9.17) is 20.9 Å². The third-order valence-corrected chi connectivity index (χ3v) is 10.7. The van der Waals surface area contributed by atoms with Crippen LogP contribution in [0, 0.1) is 0 Å². The van der Waals surface area contributed by atoms with Crippen LogP contribution in [0.1, 0.15) is 38.2 Å². The standard InChI is InChI=1S/C48H74N10O11/c1-6-20-52(30-38(5)60)43(62)34-56(24-12-10-17-49)46(65)32-54(22-8-3)44(63)35-57(25-13-11-18-50)47(66)33-55(23-9-4)45(64)36-58(26-27-59)48(67)31-53(21-7-2)42(61)29-51-19-16-39-14-15-40-41(28-39)69-37-68-40/h6-9,14-15,28,51,59H,1-4,10-13,16-27,29-37,49-50H2,5H3. The summed E-state index contributed by atoms with van der Waals surface area (Å²) in [6, 6.07) is 5.60. The third-order valence-electron chi connectivity index (χ3n) is 10.7. The molecule has 1 aromatic carbocycles. The van der Waals surface area contributed by atoms with Gasteiger partial charge in [-0.1, -0.05) is 30.4 Å². The minimum Gasteiger partial charge on any atom is -0.454 e. The summed E-state index contributed by atoms with van der Waals surface area (Å²) in [6.45, 7) is 13.9. The van der Waals surface area contributed by atoms with Crippen molar-refractivity contribution in [1.82, 2.24) is 39.6 Å². The average Bonchev–Trinajstić information content (AvgIpc) is 3.79. The number of nitrogens with zero attached hydrogens (tertiary/aromatic N) is 7. The molecule has 21 heteroatoms.